The Morgan fingerprint density at radius 2 is 2.08 bits per heavy atom. The number of benzene rings is 1. The van der Waals surface area contributed by atoms with Gasteiger partial charge < -0.3 is 0 Å². The Balaban J connectivity index is 1.64. The molecule has 0 radical (unpaired) electrons. The zero-order valence-corrected chi connectivity index (χ0v) is 16.9. The molecule has 0 aliphatic carbocycles. The minimum atomic E-state index is 0.106. The van der Waals surface area contributed by atoms with Gasteiger partial charge in [-0.25, -0.2) is 0 Å². The number of hydrogen-bond donors (Lipinski definition) is 0. The topological polar surface area (TPSA) is 38.1 Å². The summed E-state index contributed by atoms with van der Waals surface area (Å²) in [5.74, 6) is 0.399. The first-order valence-electron chi connectivity index (χ1n) is 9.54. The summed E-state index contributed by atoms with van der Waals surface area (Å²) in [6, 6.07) is 8.05. The Morgan fingerprint density at radius 1 is 1.31 bits per heavy atom. The van der Waals surface area contributed by atoms with Gasteiger partial charge in [-0.2, -0.15) is 5.10 Å². The van der Waals surface area contributed by atoms with Gasteiger partial charge in [0.2, 0.25) is 0 Å². The van der Waals surface area contributed by atoms with Crippen molar-refractivity contribution in [3.63, 3.8) is 0 Å². The molecule has 1 aliphatic heterocycles. The van der Waals surface area contributed by atoms with Gasteiger partial charge in [0, 0.05) is 47.3 Å². The molecule has 0 unspecified atom stereocenters. The molecule has 1 aromatic carbocycles. The van der Waals surface area contributed by atoms with E-state index in [9.17, 15) is 4.79 Å². The third kappa shape index (κ3) is 4.38. The molecule has 1 atom stereocenters. The van der Waals surface area contributed by atoms with Crippen molar-refractivity contribution in [1.29, 1.82) is 0 Å². The molecule has 3 rings (SSSR count). The standard InChI is InChI=1S/C21H29N3OS/c1-4-11-24-16(2)19(13-22-24)15-23-12-5-6-18(14-23)21(25)17-7-9-20(26-3)10-8-17/h7-10,13,18H,4-6,11-12,14-15H2,1-3H3/t18-/m0/s1. The van der Waals surface area contributed by atoms with E-state index in [0.717, 1.165) is 51.0 Å². The second-order valence-electron chi connectivity index (χ2n) is 7.15. The van der Waals surface area contributed by atoms with Crippen molar-refractivity contribution in [2.75, 3.05) is 19.3 Å². The minimum Gasteiger partial charge on any atom is -0.298 e. The van der Waals surface area contributed by atoms with E-state index >= 15 is 0 Å². The van der Waals surface area contributed by atoms with Crippen molar-refractivity contribution in [3.05, 3.63) is 47.3 Å². The first-order chi connectivity index (χ1) is 12.6. The number of carbonyl (C=O) groups is 1. The van der Waals surface area contributed by atoms with Crippen LogP contribution in [0.15, 0.2) is 35.4 Å². The van der Waals surface area contributed by atoms with E-state index in [0.29, 0.717) is 5.78 Å². The Hall–Kier alpha value is -1.59. The molecule has 2 aromatic rings. The zero-order valence-electron chi connectivity index (χ0n) is 16.1. The highest BCUT2D eigenvalue weighted by atomic mass is 32.2. The number of likely N-dealkylation sites (tertiary alicyclic amines) is 1. The van der Waals surface area contributed by atoms with Crippen LogP contribution in [0.5, 0.6) is 0 Å². The van der Waals surface area contributed by atoms with Gasteiger partial charge in [0.1, 0.15) is 0 Å². The molecular weight excluding hydrogens is 342 g/mol. The van der Waals surface area contributed by atoms with Crippen LogP contribution < -0.4 is 0 Å². The van der Waals surface area contributed by atoms with Gasteiger partial charge in [-0.1, -0.05) is 19.1 Å². The average molecular weight is 372 g/mol. The van der Waals surface area contributed by atoms with Crippen molar-refractivity contribution < 1.29 is 4.79 Å². The van der Waals surface area contributed by atoms with E-state index in [-0.39, 0.29) is 5.92 Å². The zero-order chi connectivity index (χ0) is 18.5. The number of rotatable bonds is 7. The van der Waals surface area contributed by atoms with Crippen molar-refractivity contribution in [2.24, 2.45) is 5.92 Å². The second kappa shape index (κ2) is 8.87. The van der Waals surface area contributed by atoms with E-state index < -0.39 is 0 Å². The number of thioether (sulfide) groups is 1. The van der Waals surface area contributed by atoms with Crippen LogP contribution in [0.1, 0.15) is 47.8 Å². The molecule has 1 fully saturated rings. The van der Waals surface area contributed by atoms with Crippen LogP contribution in [-0.4, -0.2) is 39.8 Å². The van der Waals surface area contributed by atoms with Gasteiger partial charge >= 0.3 is 0 Å². The molecule has 0 N–H and O–H groups in total. The highest BCUT2D eigenvalue weighted by molar-refractivity contribution is 7.98. The second-order valence-corrected chi connectivity index (χ2v) is 8.03. The molecule has 1 aromatic heterocycles. The third-order valence-electron chi connectivity index (χ3n) is 5.29. The summed E-state index contributed by atoms with van der Waals surface area (Å²) >= 11 is 1.71. The van der Waals surface area contributed by atoms with Gasteiger partial charge in [-0.15, -0.1) is 11.8 Å². The maximum absolute atomic E-state index is 12.9. The van der Waals surface area contributed by atoms with Crippen LogP contribution in [0.25, 0.3) is 0 Å². The van der Waals surface area contributed by atoms with Gasteiger partial charge in [0.15, 0.2) is 5.78 Å². The Bertz CT molecular complexity index is 738. The fourth-order valence-corrected chi connectivity index (χ4v) is 4.13. The number of aromatic nitrogens is 2. The fraction of sp³-hybridized carbons (Fsp3) is 0.524. The molecule has 0 amide bonds. The number of aryl methyl sites for hydroxylation is 1. The van der Waals surface area contributed by atoms with Gasteiger partial charge in [0.05, 0.1) is 6.20 Å². The molecule has 26 heavy (non-hydrogen) atoms. The van der Waals surface area contributed by atoms with E-state index in [4.69, 9.17) is 0 Å². The number of ketones is 1. The highest BCUT2D eigenvalue weighted by Gasteiger charge is 2.27. The lowest BCUT2D eigenvalue weighted by molar-refractivity contribution is 0.0811. The fourth-order valence-electron chi connectivity index (χ4n) is 3.72. The molecule has 4 nitrogen and oxygen atoms in total. The lowest BCUT2D eigenvalue weighted by Crippen LogP contribution is -2.38. The van der Waals surface area contributed by atoms with Crippen LogP contribution in [0.2, 0.25) is 0 Å². The van der Waals surface area contributed by atoms with E-state index in [1.54, 1.807) is 11.8 Å². The molecular formula is C21H29N3OS. The Labute approximate surface area is 161 Å². The molecule has 0 spiro atoms. The Morgan fingerprint density at radius 3 is 2.77 bits per heavy atom. The largest absolute Gasteiger partial charge is 0.298 e. The number of piperidine rings is 1. The normalized spacial score (nSPS) is 18.2. The summed E-state index contributed by atoms with van der Waals surface area (Å²) in [7, 11) is 0. The molecule has 5 heteroatoms. The minimum absolute atomic E-state index is 0.106. The van der Waals surface area contributed by atoms with E-state index in [2.05, 4.69) is 34.8 Å². The summed E-state index contributed by atoms with van der Waals surface area (Å²) < 4.78 is 2.09. The van der Waals surface area contributed by atoms with Gasteiger partial charge in [0.25, 0.3) is 0 Å². The number of hydrogen-bond acceptors (Lipinski definition) is 4. The molecule has 1 aliphatic rings. The van der Waals surface area contributed by atoms with Crippen molar-refractivity contribution >= 4 is 17.5 Å². The number of Topliss-reactive ketones (excluding diaryl/α,β-unsaturated/α-hetero) is 1. The predicted octanol–water partition coefficient (Wildman–Crippen LogP) is 4.42. The maximum Gasteiger partial charge on any atom is 0.167 e. The molecule has 0 saturated carbocycles. The molecule has 2 heterocycles. The predicted molar refractivity (Wildman–Crippen MR) is 108 cm³/mol. The van der Waals surface area contributed by atoms with Crippen LogP contribution in [0.3, 0.4) is 0 Å². The van der Waals surface area contributed by atoms with Crippen molar-refractivity contribution in [1.82, 2.24) is 14.7 Å². The first-order valence-corrected chi connectivity index (χ1v) is 10.8. The van der Waals surface area contributed by atoms with Crippen molar-refractivity contribution in [2.45, 2.75) is 51.1 Å². The van der Waals surface area contributed by atoms with Gasteiger partial charge in [-0.05, 0) is 51.1 Å². The number of nitrogens with zero attached hydrogens (tertiary/aromatic N) is 3. The molecule has 140 valence electrons. The lowest BCUT2D eigenvalue weighted by atomic mass is 9.90. The summed E-state index contributed by atoms with van der Waals surface area (Å²) in [5.41, 5.74) is 3.39. The molecule has 1 saturated heterocycles. The summed E-state index contributed by atoms with van der Waals surface area (Å²) in [6.07, 6.45) is 7.23. The van der Waals surface area contributed by atoms with E-state index in [1.165, 1.54) is 16.2 Å². The number of carbonyl (C=O) groups excluding carboxylic acids is 1. The monoisotopic (exact) mass is 371 g/mol. The van der Waals surface area contributed by atoms with Crippen LogP contribution in [0, 0.1) is 12.8 Å². The SMILES string of the molecule is CCCn1ncc(CN2CCC[C@H](C(=O)c3ccc(SC)cc3)C2)c1C. The third-order valence-corrected chi connectivity index (χ3v) is 6.03. The van der Waals surface area contributed by atoms with E-state index in [1.807, 2.05) is 30.5 Å². The van der Waals surface area contributed by atoms with Crippen LogP contribution in [-0.2, 0) is 13.1 Å². The quantitative estimate of drug-likeness (QED) is 0.533. The van der Waals surface area contributed by atoms with Crippen LogP contribution in [0.4, 0.5) is 0 Å². The van der Waals surface area contributed by atoms with Crippen molar-refractivity contribution in [3.8, 4) is 0 Å². The summed E-state index contributed by atoms with van der Waals surface area (Å²) in [4.78, 5) is 16.5. The Kier molecular flexibility index (Phi) is 6.54. The maximum atomic E-state index is 12.9. The molecule has 0 bridgehead atoms. The lowest BCUT2D eigenvalue weighted by Gasteiger charge is -2.32. The first kappa shape index (κ1) is 19.2. The highest BCUT2D eigenvalue weighted by Crippen LogP contribution is 2.24. The summed E-state index contributed by atoms with van der Waals surface area (Å²) in [6.45, 7) is 8.10. The smallest absolute Gasteiger partial charge is 0.167 e. The summed E-state index contributed by atoms with van der Waals surface area (Å²) in [5, 5.41) is 4.51. The van der Waals surface area contributed by atoms with Crippen LogP contribution >= 0.6 is 11.8 Å². The average Bonchev–Trinajstić information content (AvgIpc) is 3.01. The van der Waals surface area contributed by atoms with Gasteiger partial charge in [-0.3, -0.25) is 14.4 Å².